The van der Waals surface area contributed by atoms with Crippen molar-refractivity contribution in [1.82, 2.24) is 4.90 Å². The van der Waals surface area contributed by atoms with E-state index >= 15 is 0 Å². The molecule has 0 unspecified atom stereocenters. The van der Waals surface area contributed by atoms with Crippen LogP contribution in [0.3, 0.4) is 0 Å². The lowest BCUT2D eigenvalue weighted by atomic mass is 10.2. The number of hydrogen-bond donors (Lipinski definition) is 1. The second kappa shape index (κ2) is 13.6. The smallest absolute Gasteiger partial charge is 0.267 e. The lowest BCUT2D eigenvalue weighted by molar-refractivity contribution is -0.122. The van der Waals surface area contributed by atoms with E-state index in [0.717, 1.165) is 21.8 Å². The van der Waals surface area contributed by atoms with Gasteiger partial charge < -0.3 is 14.5 Å². The van der Waals surface area contributed by atoms with Gasteiger partial charge in [-0.25, -0.2) is 4.39 Å². The summed E-state index contributed by atoms with van der Waals surface area (Å²) in [6, 6.07) is 21.3. The summed E-state index contributed by atoms with van der Waals surface area (Å²) in [6.45, 7) is -0.135. The van der Waals surface area contributed by atoms with E-state index in [4.69, 9.17) is 20.8 Å². The minimum atomic E-state index is -0.424. The van der Waals surface area contributed by atoms with Gasteiger partial charge in [-0.05, 0) is 90.1 Å². The second-order valence-corrected chi connectivity index (χ2v) is 11.1. The first-order valence-electron chi connectivity index (χ1n) is 12.4. The van der Waals surface area contributed by atoms with Crippen LogP contribution in [0.25, 0.3) is 6.08 Å². The van der Waals surface area contributed by atoms with Crippen molar-refractivity contribution in [1.29, 1.82) is 0 Å². The van der Waals surface area contributed by atoms with Crippen LogP contribution in [0.2, 0.25) is 5.02 Å². The number of rotatable bonds is 9. The zero-order valence-corrected chi connectivity index (χ0v) is 24.8. The molecule has 1 fully saturated rings. The number of anilines is 1. The monoisotopic (exact) mass is 666 g/mol. The van der Waals surface area contributed by atoms with Gasteiger partial charge in [-0.2, -0.15) is 5.10 Å². The number of hydrogen-bond acceptors (Lipinski definition) is 7. The van der Waals surface area contributed by atoms with Crippen molar-refractivity contribution in [3.63, 3.8) is 0 Å². The number of amides is 2. The molecule has 0 aliphatic carbocycles. The Morgan fingerprint density at radius 1 is 1.12 bits per heavy atom. The Kier molecular flexibility index (Phi) is 9.52. The number of thioether (sulfide) groups is 1. The van der Waals surface area contributed by atoms with Crippen LogP contribution in [0, 0.1) is 5.82 Å². The Bertz CT molecular complexity index is 1680. The van der Waals surface area contributed by atoms with Crippen LogP contribution >= 0.6 is 39.3 Å². The van der Waals surface area contributed by atoms with Crippen LogP contribution < -0.4 is 10.1 Å². The summed E-state index contributed by atoms with van der Waals surface area (Å²) in [7, 11) is 0. The first kappa shape index (κ1) is 29.3. The topological polar surface area (TPSA) is 96.5 Å². The number of carbonyl (C=O) groups excluding carboxylic acids is 2. The van der Waals surface area contributed by atoms with E-state index in [0.29, 0.717) is 37.9 Å². The Balaban J connectivity index is 1.36. The maximum absolute atomic E-state index is 13.5. The van der Waals surface area contributed by atoms with Crippen LogP contribution in [0.1, 0.15) is 16.9 Å². The van der Waals surface area contributed by atoms with E-state index in [1.807, 2.05) is 0 Å². The summed E-state index contributed by atoms with van der Waals surface area (Å²) in [5.41, 5.74) is 1.81. The van der Waals surface area contributed by atoms with Crippen molar-refractivity contribution in [2.24, 2.45) is 10.2 Å². The molecule has 5 rings (SSSR count). The van der Waals surface area contributed by atoms with Crippen LogP contribution in [-0.2, 0) is 16.1 Å². The second-order valence-electron chi connectivity index (χ2n) is 8.79. The zero-order valence-electron chi connectivity index (χ0n) is 21.7. The predicted octanol–water partition coefficient (Wildman–Crippen LogP) is 7.36. The molecular formula is C30H21BrClFN4O4S. The molecule has 2 heterocycles. The number of nitrogens with zero attached hydrogens (tertiary/aromatic N) is 3. The van der Waals surface area contributed by atoms with Gasteiger partial charge in [-0.1, -0.05) is 39.7 Å². The highest BCUT2D eigenvalue weighted by Gasteiger charge is 2.34. The molecular weight excluding hydrogens is 647 g/mol. The summed E-state index contributed by atoms with van der Waals surface area (Å²) in [6.07, 6.45) is 4.77. The summed E-state index contributed by atoms with van der Waals surface area (Å²) in [5.74, 6) is -0.153. The van der Waals surface area contributed by atoms with Gasteiger partial charge in [0.25, 0.3) is 11.8 Å². The van der Waals surface area contributed by atoms with E-state index in [1.165, 1.54) is 35.4 Å². The number of carbonyl (C=O) groups is 2. The van der Waals surface area contributed by atoms with Gasteiger partial charge in [-0.3, -0.25) is 14.5 Å². The quantitative estimate of drug-likeness (QED) is 0.114. The van der Waals surface area contributed by atoms with Gasteiger partial charge in [0.05, 0.1) is 23.9 Å². The number of halogens is 3. The van der Waals surface area contributed by atoms with Crippen LogP contribution in [0.4, 0.5) is 10.1 Å². The molecule has 0 saturated carbocycles. The van der Waals surface area contributed by atoms with E-state index in [1.54, 1.807) is 66.9 Å². The average molecular weight is 668 g/mol. The molecule has 8 nitrogen and oxygen atoms in total. The van der Waals surface area contributed by atoms with Gasteiger partial charge in [0.2, 0.25) is 0 Å². The third-order valence-corrected chi connectivity index (χ3v) is 7.49. The average Bonchev–Trinajstić information content (AvgIpc) is 3.59. The fraction of sp³-hybridized carbons (Fsp3) is 0.0667. The number of furan rings is 1. The number of benzene rings is 3. The van der Waals surface area contributed by atoms with Gasteiger partial charge in [-0.15, -0.1) is 5.10 Å². The molecule has 42 heavy (non-hydrogen) atoms. The normalized spacial score (nSPS) is 15.2. The lowest BCUT2D eigenvalue weighted by Gasteiger charge is -2.13. The van der Waals surface area contributed by atoms with Crippen molar-refractivity contribution in [2.45, 2.75) is 6.54 Å². The molecule has 0 radical (unpaired) electrons. The molecule has 4 aromatic rings. The Hall–Kier alpha value is -4.19. The zero-order chi connectivity index (χ0) is 29.5. The molecule has 2 amide bonds. The number of nitrogens with one attached hydrogen (secondary N) is 1. The first-order valence-corrected chi connectivity index (χ1v) is 14.4. The van der Waals surface area contributed by atoms with Crippen molar-refractivity contribution >= 4 is 74.3 Å². The van der Waals surface area contributed by atoms with E-state index in [-0.39, 0.29) is 19.1 Å². The lowest BCUT2D eigenvalue weighted by Crippen LogP contribution is -2.28. The molecule has 1 aliphatic rings. The molecule has 212 valence electrons. The predicted molar refractivity (Wildman–Crippen MR) is 166 cm³/mol. The van der Waals surface area contributed by atoms with Crippen molar-refractivity contribution in [3.05, 3.63) is 122 Å². The fourth-order valence-corrected chi connectivity index (χ4v) is 5.18. The van der Waals surface area contributed by atoms with Gasteiger partial charge in [0.1, 0.15) is 17.3 Å². The molecule has 0 atom stereocenters. The van der Waals surface area contributed by atoms with E-state index in [9.17, 15) is 14.0 Å². The van der Waals surface area contributed by atoms with Crippen LogP contribution in [0.15, 0.2) is 109 Å². The Morgan fingerprint density at radius 3 is 2.64 bits per heavy atom. The maximum Gasteiger partial charge on any atom is 0.267 e. The number of amidine groups is 1. The van der Waals surface area contributed by atoms with E-state index in [2.05, 4.69) is 31.4 Å². The highest BCUT2D eigenvalue weighted by molar-refractivity contribution is 9.10. The van der Waals surface area contributed by atoms with Crippen molar-refractivity contribution < 1.29 is 23.1 Å². The molecule has 0 bridgehead atoms. The van der Waals surface area contributed by atoms with Crippen molar-refractivity contribution in [2.75, 3.05) is 11.9 Å². The maximum atomic E-state index is 13.5. The first-order chi connectivity index (χ1) is 20.3. The molecule has 1 N–H and O–H groups in total. The van der Waals surface area contributed by atoms with Crippen LogP contribution in [0.5, 0.6) is 5.75 Å². The summed E-state index contributed by atoms with van der Waals surface area (Å²) in [4.78, 5) is 27.8. The molecule has 1 aliphatic heterocycles. The van der Waals surface area contributed by atoms with Gasteiger partial charge >= 0.3 is 0 Å². The van der Waals surface area contributed by atoms with Gasteiger partial charge in [0.15, 0.2) is 11.8 Å². The summed E-state index contributed by atoms with van der Waals surface area (Å²) < 4.78 is 25.2. The SMILES string of the molecule is O=C(COc1ccc(Br)cc1/C=C1\S/C(=N/N=C\c2ccc(Cl)cc2)N(Cc2ccco2)C1=O)Nc1ccc(F)cc1. The standard InChI is InChI=1S/C30H21BrClFN4O4S/c31-21-5-12-26(41-18-28(38)35-24-10-8-23(33)9-11-24)20(14-21)15-27-29(39)37(17-25-2-1-13-40-25)30(42-27)36-34-16-19-3-6-22(32)7-4-19/h1-16H,17-18H2,(H,35,38)/b27-15-,34-16-,36-30+. The van der Waals surface area contributed by atoms with E-state index < -0.39 is 11.7 Å². The third kappa shape index (κ3) is 7.75. The highest BCUT2D eigenvalue weighted by atomic mass is 79.9. The minimum absolute atomic E-state index is 0.164. The summed E-state index contributed by atoms with van der Waals surface area (Å²) in [5, 5.41) is 12.1. The Labute approximate surface area is 258 Å². The molecule has 1 aromatic heterocycles. The Morgan fingerprint density at radius 2 is 1.90 bits per heavy atom. The molecule has 12 heteroatoms. The highest BCUT2D eigenvalue weighted by Crippen LogP contribution is 2.36. The number of ether oxygens (including phenoxy) is 1. The van der Waals surface area contributed by atoms with Gasteiger partial charge in [0, 0.05) is 20.7 Å². The van der Waals surface area contributed by atoms with Crippen molar-refractivity contribution in [3.8, 4) is 5.75 Å². The van der Waals surface area contributed by atoms with Crippen LogP contribution in [-0.4, -0.2) is 34.7 Å². The summed E-state index contributed by atoms with van der Waals surface area (Å²) >= 11 is 10.6. The minimum Gasteiger partial charge on any atom is -0.483 e. The molecule has 0 spiro atoms. The third-order valence-electron chi connectivity index (χ3n) is 5.75. The fourth-order valence-electron chi connectivity index (χ4n) is 3.75. The molecule has 3 aromatic carbocycles. The largest absolute Gasteiger partial charge is 0.483 e. The molecule has 1 saturated heterocycles.